The molecule has 1 aromatic heterocycles. The summed E-state index contributed by atoms with van der Waals surface area (Å²) in [7, 11) is 0. The standard InChI is InChI=1S/C19H14F2N2/c20-12-6-7-16(17(21)11-12)19-15(4-2-9-23-19)13-3-1-5-18-14(13)8-10-22-18/h1-7,9,11,22H,8,10H2. The van der Waals surface area contributed by atoms with Crippen molar-refractivity contribution in [3.8, 4) is 22.4 Å². The lowest BCUT2D eigenvalue weighted by Gasteiger charge is -2.13. The van der Waals surface area contributed by atoms with E-state index in [9.17, 15) is 8.78 Å². The van der Waals surface area contributed by atoms with Crippen LogP contribution >= 0.6 is 0 Å². The van der Waals surface area contributed by atoms with Crippen LogP contribution in [0.4, 0.5) is 14.5 Å². The van der Waals surface area contributed by atoms with Crippen LogP contribution in [0.15, 0.2) is 54.7 Å². The van der Waals surface area contributed by atoms with E-state index in [-0.39, 0.29) is 0 Å². The maximum absolute atomic E-state index is 14.2. The molecule has 2 heterocycles. The average Bonchev–Trinajstić information content (AvgIpc) is 3.04. The largest absolute Gasteiger partial charge is 0.384 e. The molecule has 0 radical (unpaired) electrons. The van der Waals surface area contributed by atoms with Gasteiger partial charge in [-0.2, -0.15) is 0 Å². The first-order valence-corrected chi connectivity index (χ1v) is 7.50. The summed E-state index contributed by atoms with van der Waals surface area (Å²) in [6, 6.07) is 13.4. The van der Waals surface area contributed by atoms with Crippen molar-refractivity contribution in [1.29, 1.82) is 0 Å². The van der Waals surface area contributed by atoms with E-state index in [4.69, 9.17) is 0 Å². The summed E-state index contributed by atoms with van der Waals surface area (Å²) in [5.74, 6) is -1.19. The summed E-state index contributed by atoms with van der Waals surface area (Å²) in [6.45, 7) is 0.896. The van der Waals surface area contributed by atoms with Crippen LogP contribution in [-0.2, 0) is 6.42 Å². The van der Waals surface area contributed by atoms with E-state index in [0.717, 1.165) is 35.8 Å². The Balaban J connectivity index is 1.94. The van der Waals surface area contributed by atoms with Crippen LogP contribution in [0.2, 0.25) is 0 Å². The van der Waals surface area contributed by atoms with Crippen molar-refractivity contribution in [2.45, 2.75) is 6.42 Å². The Morgan fingerprint density at radius 2 is 1.78 bits per heavy atom. The van der Waals surface area contributed by atoms with Crippen LogP contribution in [-0.4, -0.2) is 11.5 Å². The number of hydrogen-bond acceptors (Lipinski definition) is 2. The molecule has 23 heavy (non-hydrogen) atoms. The van der Waals surface area contributed by atoms with Crippen molar-refractivity contribution >= 4 is 5.69 Å². The zero-order chi connectivity index (χ0) is 15.8. The number of nitrogens with one attached hydrogen (secondary N) is 1. The molecule has 0 unspecified atom stereocenters. The SMILES string of the molecule is Fc1ccc(-c2ncccc2-c2cccc3c2CCN3)c(F)c1. The highest BCUT2D eigenvalue weighted by Crippen LogP contribution is 2.37. The molecule has 0 fully saturated rings. The zero-order valence-corrected chi connectivity index (χ0v) is 12.3. The van der Waals surface area contributed by atoms with Gasteiger partial charge in [0.15, 0.2) is 0 Å². The number of benzene rings is 2. The third-order valence-electron chi connectivity index (χ3n) is 4.15. The Kier molecular flexibility index (Phi) is 3.30. The summed E-state index contributed by atoms with van der Waals surface area (Å²) in [5, 5.41) is 3.34. The fraction of sp³-hybridized carbons (Fsp3) is 0.105. The molecule has 0 bridgehead atoms. The van der Waals surface area contributed by atoms with Crippen LogP contribution in [0.25, 0.3) is 22.4 Å². The van der Waals surface area contributed by atoms with Crippen LogP contribution in [0.5, 0.6) is 0 Å². The van der Waals surface area contributed by atoms with E-state index in [1.165, 1.54) is 17.7 Å². The van der Waals surface area contributed by atoms with Gasteiger partial charge in [0, 0.05) is 35.6 Å². The molecule has 0 amide bonds. The van der Waals surface area contributed by atoms with Crippen molar-refractivity contribution in [3.05, 3.63) is 71.9 Å². The summed E-state index contributed by atoms with van der Waals surface area (Å²) in [6.07, 6.45) is 2.55. The van der Waals surface area contributed by atoms with Gasteiger partial charge in [-0.05, 0) is 41.8 Å². The quantitative estimate of drug-likeness (QED) is 0.744. The second-order valence-electron chi connectivity index (χ2n) is 5.53. The zero-order valence-electron chi connectivity index (χ0n) is 12.3. The summed E-state index contributed by atoms with van der Waals surface area (Å²) >= 11 is 0. The minimum atomic E-state index is -0.601. The van der Waals surface area contributed by atoms with E-state index in [1.54, 1.807) is 6.20 Å². The number of halogens is 2. The van der Waals surface area contributed by atoms with E-state index in [2.05, 4.69) is 10.3 Å². The number of nitrogens with zero attached hydrogens (tertiary/aromatic N) is 1. The molecule has 0 saturated heterocycles. The fourth-order valence-electron chi connectivity index (χ4n) is 3.12. The van der Waals surface area contributed by atoms with Crippen molar-refractivity contribution in [3.63, 3.8) is 0 Å². The van der Waals surface area contributed by atoms with Gasteiger partial charge < -0.3 is 5.32 Å². The lowest BCUT2D eigenvalue weighted by Crippen LogP contribution is -1.95. The fourth-order valence-corrected chi connectivity index (χ4v) is 3.12. The number of fused-ring (bicyclic) bond motifs is 1. The van der Waals surface area contributed by atoms with Gasteiger partial charge in [0.2, 0.25) is 0 Å². The Morgan fingerprint density at radius 3 is 2.65 bits per heavy atom. The molecule has 114 valence electrons. The van der Waals surface area contributed by atoms with Crippen LogP contribution in [0, 0.1) is 11.6 Å². The van der Waals surface area contributed by atoms with Gasteiger partial charge in [-0.3, -0.25) is 4.98 Å². The summed E-state index contributed by atoms with van der Waals surface area (Å²) in [4.78, 5) is 4.36. The van der Waals surface area contributed by atoms with Gasteiger partial charge >= 0.3 is 0 Å². The number of hydrogen-bond donors (Lipinski definition) is 1. The van der Waals surface area contributed by atoms with Gasteiger partial charge in [-0.25, -0.2) is 8.78 Å². The second-order valence-corrected chi connectivity index (χ2v) is 5.53. The third kappa shape index (κ3) is 2.36. The average molecular weight is 308 g/mol. The Labute approximate surface area is 132 Å². The predicted molar refractivity (Wildman–Crippen MR) is 87.2 cm³/mol. The highest BCUT2D eigenvalue weighted by molar-refractivity contribution is 5.85. The molecule has 2 aromatic carbocycles. The van der Waals surface area contributed by atoms with E-state index < -0.39 is 11.6 Å². The van der Waals surface area contributed by atoms with E-state index >= 15 is 0 Å². The molecule has 0 atom stereocenters. The van der Waals surface area contributed by atoms with Gasteiger partial charge in [-0.15, -0.1) is 0 Å². The summed E-state index contributed by atoms with van der Waals surface area (Å²) < 4.78 is 27.4. The third-order valence-corrected chi connectivity index (χ3v) is 4.15. The van der Waals surface area contributed by atoms with Crippen molar-refractivity contribution < 1.29 is 8.78 Å². The molecule has 4 rings (SSSR count). The lowest BCUT2D eigenvalue weighted by atomic mass is 9.94. The van der Waals surface area contributed by atoms with Crippen LogP contribution in [0.3, 0.4) is 0 Å². The number of rotatable bonds is 2. The predicted octanol–water partition coefficient (Wildman–Crippen LogP) is 4.66. The molecule has 0 saturated carbocycles. The summed E-state index contributed by atoms with van der Waals surface area (Å²) in [5.41, 5.74) is 5.06. The molecular formula is C19H14F2N2. The normalized spacial score (nSPS) is 12.8. The molecule has 1 aliphatic rings. The lowest BCUT2D eigenvalue weighted by molar-refractivity contribution is 0.585. The first kappa shape index (κ1) is 13.9. The van der Waals surface area contributed by atoms with Crippen LogP contribution < -0.4 is 5.32 Å². The van der Waals surface area contributed by atoms with Crippen molar-refractivity contribution in [2.24, 2.45) is 0 Å². The van der Waals surface area contributed by atoms with Crippen molar-refractivity contribution in [1.82, 2.24) is 4.98 Å². The molecule has 3 aromatic rings. The first-order valence-electron chi connectivity index (χ1n) is 7.50. The minimum Gasteiger partial charge on any atom is -0.384 e. The topological polar surface area (TPSA) is 24.9 Å². The Hall–Kier alpha value is -2.75. The molecule has 2 nitrogen and oxygen atoms in total. The van der Waals surface area contributed by atoms with Gasteiger partial charge in [0.25, 0.3) is 0 Å². The highest BCUT2D eigenvalue weighted by atomic mass is 19.1. The molecular weight excluding hydrogens is 294 g/mol. The number of pyridine rings is 1. The van der Waals surface area contributed by atoms with Crippen molar-refractivity contribution in [2.75, 3.05) is 11.9 Å². The highest BCUT2D eigenvalue weighted by Gasteiger charge is 2.19. The molecule has 1 N–H and O–H groups in total. The molecule has 0 aliphatic carbocycles. The van der Waals surface area contributed by atoms with E-state index in [1.807, 2.05) is 30.3 Å². The first-order chi connectivity index (χ1) is 11.2. The smallest absolute Gasteiger partial charge is 0.135 e. The number of aromatic nitrogens is 1. The monoisotopic (exact) mass is 308 g/mol. The van der Waals surface area contributed by atoms with E-state index in [0.29, 0.717) is 11.3 Å². The maximum atomic E-state index is 14.2. The second kappa shape index (κ2) is 5.47. The Morgan fingerprint density at radius 1 is 0.913 bits per heavy atom. The van der Waals surface area contributed by atoms with Gasteiger partial charge in [-0.1, -0.05) is 18.2 Å². The minimum absolute atomic E-state index is 0.311. The van der Waals surface area contributed by atoms with Gasteiger partial charge in [0.1, 0.15) is 11.6 Å². The maximum Gasteiger partial charge on any atom is 0.135 e. The Bertz CT molecular complexity index is 890. The number of anilines is 1. The molecule has 0 spiro atoms. The van der Waals surface area contributed by atoms with Gasteiger partial charge in [0.05, 0.1) is 5.69 Å². The molecule has 1 aliphatic heterocycles. The molecule has 4 heteroatoms. The van der Waals surface area contributed by atoms with Crippen LogP contribution in [0.1, 0.15) is 5.56 Å².